The molecule has 4 atom stereocenters. The third-order valence-electron chi connectivity index (χ3n) is 5.79. The lowest BCUT2D eigenvalue weighted by atomic mass is 9.63. The molecule has 4 aliphatic rings. The largest absolute Gasteiger partial charge is 0.293 e. The van der Waals surface area contributed by atoms with Crippen LogP contribution in [-0.4, -0.2) is 16.7 Å². The maximum atomic E-state index is 13.0. The van der Waals surface area contributed by atoms with E-state index in [0.717, 1.165) is 28.9 Å². The van der Waals surface area contributed by atoms with Crippen LogP contribution in [0.3, 0.4) is 0 Å². The first-order valence-electron chi connectivity index (χ1n) is 8.22. The molecule has 2 amide bonds. The Morgan fingerprint density at radius 3 is 1.96 bits per heavy atom. The monoisotopic (exact) mass is 326 g/mol. The summed E-state index contributed by atoms with van der Waals surface area (Å²) in [7, 11) is 0. The third kappa shape index (κ3) is 1.89. The number of nitro benzene ring substituents is 1. The van der Waals surface area contributed by atoms with Gasteiger partial charge in [-0.2, -0.15) is 0 Å². The fourth-order valence-corrected chi connectivity index (χ4v) is 4.42. The minimum Gasteiger partial charge on any atom is -0.274 e. The van der Waals surface area contributed by atoms with Crippen molar-refractivity contribution in [1.29, 1.82) is 0 Å². The SMILES string of the molecule is Cc1cc(N2C(=O)[C@@H]3[C@H](C2=O)[C@H]2C=C[C@@H]3CC2)c([N+](=O)[O-])cc1C. The molecule has 0 spiro atoms. The van der Waals surface area contributed by atoms with Gasteiger partial charge in [0.25, 0.3) is 5.69 Å². The summed E-state index contributed by atoms with van der Waals surface area (Å²) < 4.78 is 0. The lowest BCUT2D eigenvalue weighted by Gasteiger charge is -2.38. The van der Waals surface area contributed by atoms with Gasteiger partial charge in [0.1, 0.15) is 5.69 Å². The van der Waals surface area contributed by atoms with Crippen molar-refractivity contribution < 1.29 is 14.5 Å². The van der Waals surface area contributed by atoms with Crippen molar-refractivity contribution in [3.05, 3.63) is 45.5 Å². The van der Waals surface area contributed by atoms with Crippen molar-refractivity contribution in [1.82, 2.24) is 0 Å². The number of benzene rings is 1. The van der Waals surface area contributed by atoms with Crippen LogP contribution in [0.5, 0.6) is 0 Å². The van der Waals surface area contributed by atoms with Gasteiger partial charge in [-0.1, -0.05) is 12.2 Å². The Morgan fingerprint density at radius 2 is 1.50 bits per heavy atom. The van der Waals surface area contributed by atoms with Gasteiger partial charge in [-0.05, 0) is 55.7 Å². The van der Waals surface area contributed by atoms with Gasteiger partial charge < -0.3 is 0 Å². The number of carbonyl (C=O) groups is 2. The highest BCUT2D eigenvalue weighted by Crippen LogP contribution is 2.51. The van der Waals surface area contributed by atoms with E-state index in [1.165, 1.54) is 6.07 Å². The number of nitrogens with zero attached hydrogens (tertiary/aromatic N) is 2. The predicted molar refractivity (Wildman–Crippen MR) is 87.4 cm³/mol. The second-order valence-corrected chi connectivity index (χ2v) is 7.04. The zero-order valence-electron chi connectivity index (χ0n) is 13.6. The first kappa shape index (κ1) is 15.1. The van der Waals surface area contributed by atoms with Gasteiger partial charge in [0.15, 0.2) is 0 Å². The number of hydrogen-bond acceptors (Lipinski definition) is 4. The molecule has 1 saturated carbocycles. The zero-order chi connectivity index (χ0) is 17.2. The van der Waals surface area contributed by atoms with Crippen molar-refractivity contribution in [3.63, 3.8) is 0 Å². The molecule has 2 fully saturated rings. The van der Waals surface area contributed by atoms with E-state index in [2.05, 4.69) is 0 Å². The molecule has 0 unspecified atom stereocenters. The summed E-state index contributed by atoms with van der Waals surface area (Å²) in [6.45, 7) is 3.61. The molecule has 0 N–H and O–H groups in total. The van der Waals surface area contributed by atoms with E-state index in [-0.39, 0.29) is 46.9 Å². The molecule has 5 rings (SSSR count). The van der Waals surface area contributed by atoms with E-state index in [4.69, 9.17) is 0 Å². The number of anilines is 1. The Kier molecular flexibility index (Phi) is 3.13. The molecular weight excluding hydrogens is 308 g/mol. The molecule has 0 aromatic heterocycles. The number of rotatable bonds is 2. The summed E-state index contributed by atoms with van der Waals surface area (Å²) in [6, 6.07) is 3.04. The average Bonchev–Trinajstić information content (AvgIpc) is 2.84. The quantitative estimate of drug-likeness (QED) is 0.362. The van der Waals surface area contributed by atoms with Crippen LogP contribution in [0.15, 0.2) is 24.3 Å². The Bertz CT molecular complexity index is 781. The van der Waals surface area contributed by atoms with Crippen molar-refractivity contribution in [2.45, 2.75) is 26.7 Å². The van der Waals surface area contributed by atoms with E-state index in [9.17, 15) is 19.7 Å². The summed E-state index contributed by atoms with van der Waals surface area (Å²) in [5.41, 5.74) is 1.53. The number of allylic oxidation sites excluding steroid dienone is 2. The van der Waals surface area contributed by atoms with Crippen LogP contribution in [0.1, 0.15) is 24.0 Å². The second kappa shape index (κ2) is 5.00. The number of hydrogen-bond donors (Lipinski definition) is 0. The Balaban J connectivity index is 1.84. The summed E-state index contributed by atoms with van der Waals surface area (Å²) in [4.78, 5) is 37.9. The molecule has 24 heavy (non-hydrogen) atoms. The van der Waals surface area contributed by atoms with Gasteiger partial charge in [-0.3, -0.25) is 19.7 Å². The first-order chi connectivity index (χ1) is 11.4. The Morgan fingerprint density at radius 1 is 1.00 bits per heavy atom. The number of carbonyl (C=O) groups excluding carboxylic acids is 2. The van der Waals surface area contributed by atoms with Gasteiger partial charge >= 0.3 is 0 Å². The summed E-state index contributed by atoms with van der Waals surface area (Å²) in [6.07, 6.45) is 5.89. The maximum absolute atomic E-state index is 13.0. The van der Waals surface area contributed by atoms with Crippen LogP contribution in [-0.2, 0) is 9.59 Å². The molecule has 1 aromatic rings. The average molecular weight is 326 g/mol. The zero-order valence-corrected chi connectivity index (χ0v) is 13.6. The minimum atomic E-state index is -0.517. The van der Waals surface area contributed by atoms with E-state index in [1.807, 2.05) is 19.1 Å². The highest BCUT2D eigenvalue weighted by molar-refractivity contribution is 6.23. The maximum Gasteiger partial charge on any atom is 0.293 e. The molecule has 6 nitrogen and oxygen atoms in total. The number of nitro groups is 1. The van der Waals surface area contributed by atoms with Gasteiger partial charge in [-0.25, -0.2) is 4.90 Å². The Hall–Kier alpha value is -2.50. The molecule has 2 bridgehead atoms. The molecule has 0 radical (unpaired) electrons. The van der Waals surface area contributed by atoms with Crippen molar-refractivity contribution in [3.8, 4) is 0 Å². The van der Waals surface area contributed by atoms with E-state index < -0.39 is 4.92 Å². The lowest BCUT2D eigenvalue weighted by Crippen LogP contribution is -2.38. The summed E-state index contributed by atoms with van der Waals surface area (Å²) in [5.74, 6) is -1.13. The molecular formula is C18H18N2O4. The molecule has 3 aliphatic carbocycles. The minimum absolute atomic E-state index is 0.0760. The molecule has 1 saturated heterocycles. The van der Waals surface area contributed by atoms with Gasteiger partial charge in [0.05, 0.1) is 16.8 Å². The molecule has 1 aliphatic heterocycles. The normalized spacial score (nSPS) is 30.8. The number of fused-ring (bicyclic) bond motifs is 1. The number of aryl methyl sites for hydroxylation is 2. The van der Waals surface area contributed by atoms with Crippen LogP contribution in [0.2, 0.25) is 0 Å². The summed E-state index contributed by atoms with van der Waals surface area (Å²) >= 11 is 0. The Labute approximate surface area is 139 Å². The fraction of sp³-hybridized carbons (Fsp3) is 0.444. The van der Waals surface area contributed by atoms with Crippen LogP contribution < -0.4 is 4.90 Å². The van der Waals surface area contributed by atoms with Crippen LogP contribution in [0.25, 0.3) is 0 Å². The smallest absolute Gasteiger partial charge is 0.274 e. The van der Waals surface area contributed by atoms with Crippen molar-refractivity contribution in [2.24, 2.45) is 23.7 Å². The van der Waals surface area contributed by atoms with Gasteiger partial charge in [0.2, 0.25) is 11.8 Å². The van der Waals surface area contributed by atoms with Crippen LogP contribution >= 0.6 is 0 Å². The lowest BCUT2D eigenvalue weighted by molar-refractivity contribution is -0.384. The van der Waals surface area contributed by atoms with E-state index in [1.54, 1.807) is 13.0 Å². The molecule has 124 valence electrons. The van der Waals surface area contributed by atoms with Crippen LogP contribution in [0, 0.1) is 47.6 Å². The number of imide groups is 1. The van der Waals surface area contributed by atoms with Crippen molar-refractivity contribution >= 4 is 23.2 Å². The van der Waals surface area contributed by atoms with Crippen LogP contribution in [0.4, 0.5) is 11.4 Å². The standard InChI is InChI=1S/C18H18N2O4/c1-9-7-13(14(20(23)24)8-10(9)2)19-17(21)15-11-3-4-12(6-5-11)16(15)18(19)22/h3-4,7-8,11-12,15-16H,5-6H2,1-2H3/t11-,12+,15+,16-. The van der Waals surface area contributed by atoms with Crippen molar-refractivity contribution in [2.75, 3.05) is 4.90 Å². The first-order valence-corrected chi connectivity index (χ1v) is 8.22. The molecule has 1 aromatic carbocycles. The highest BCUT2D eigenvalue weighted by Gasteiger charge is 2.57. The topological polar surface area (TPSA) is 80.5 Å². The van der Waals surface area contributed by atoms with Gasteiger partial charge in [0, 0.05) is 6.07 Å². The predicted octanol–water partition coefficient (Wildman–Crippen LogP) is 2.91. The highest BCUT2D eigenvalue weighted by atomic mass is 16.6. The second-order valence-electron chi connectivity index (χ2n) is 7.04. The number of amides is 2. The third-order valence-corrected chi connectivity index (χ3v) is 5.79. The summed E-state index contributed by atoms with van der Waals surface area (Å²) in [5, 5.41) is 11.5. The van der Waals surface area contributed by atoms with E-state index in [0.29, 0.717) is 0 Å². The van der Waals surface area contributed by atoms with E-state index >= 15 is 0 Å². The molecule has 1 heterocycles. The van der Waals surface area contributed by atoms with Gasteiger partial charge in [-0.15, -0.1) is 0 Å². The fourth-order valence-electron chi connectivity index (χ4n) is 4.42. The molecule has 6 heteroatoms.